The van der Waals surface area contributed by atoms with Crippen LogP contribution in [-0.4, -0.2) is 30.1 Å². The van der Waals surface area contributed by atoms with Crippen LogP contribution in [0.3, 0.4) is 0 Å². The first kappa shape index (κ1) is 21.6. The molecule has 2 fully saturated rings. The number of hydrogen-bond donors (Lipinski definition) is 3. The van der Waals surface area contributed by atoms with E-state index in [1.165, 1.54) is 44.1 Å². The van der Waals surface area contributed by atoms with Crippen LogP contribution >= 0.6 is 0 Å². The Hall–Kier alpha value is -3.08. The van der Waals surface area contributed by atoms with Gasteiger partial charge in [-0.15, -0.1) is 0 Å². The summed E-state index contributed by atoms with van der Waals surface area (Å²) in [5.41, 5.74) is 3.43. The molecule has 1 saturated heterocycles. The lowest BCUT2D eigenvalue weighted by atomic mass is 9.84. The molecule has 1 aliphatic heterocycles. The van der Waals surface area contributed by atoms with Crippen LogP contribution in [0.5, 0.6) is 0 Å². The molecule has 5 nitrogen and oxygen atoms in total. The van der Waals surface area contributed by atoms with Crippen molar-refractivity contribution in [2.24, 2.45) is 4.99 Å². The summed E-state index contributed by atoms with van der Waals surface area (Å²) in [6.07, 6.45) is 10.8. The third kappa shape index (κ3) is 7.39. The van der Waals surface area contributed by atoms with E-state index in [1.54, 1.807) is 6.08 Å². The predicted octanol–water partition coefficient (Wildman–Crippen LogP) is 5.09. The fourth-order valence-electron chi connectivity index (χ4n) is 3.76. The smallest absolute Gasteiger partial charge is 0.328 e. The van der Waals surface area contributed by atoms with Gasteiger partial charge in [-0.25, -0.2) is 9.79 Å². The molecule has 3 N–H and O–H groups in total. The number of nitrogens with zero attached hydrogens (tertiary/aromatic N) is 1. The van der Waals surface area contributed by atoms with E-state index in [4.69, 9.17) is 5.11 Å². The second-order valence-electron chi connectivity index (χ2n) is 7.68. The van der Waals surface area contributed by atoms with Crippen LogP contribution in [0.2, 0.25) is 0 Å². The Morgan fingerprint density at radius 3 is 2.20 bits per heavy atom. The maximum atomic E-state index is 10.1. The van der Waals surface area contributed by atoms with Gasteiger partial charge in [0.25, 0.3) is 0 Å². The largest absolute Gasteiger partial charge is 0.478 e. The Morgan fingerprint density at radius 1 is 0.900 bits per heavy atom. The van der Waals surface area contributed by atoms with Crippen LogP contribution in [0.4, 0.5) is 5.69 Å². The number of hydrogen-bond acceptors (Lipinski definition) is 2. The number of aliphatic carboxylic acids is 1. The lowest BCUT2D eigenvalue weighted by Crippen LogP contribution is -2.43. The molecule has 158 valence electrons. The number of benzene rings is 2. The van der Waals surface area contributed by atoms with Crippen molar-refractivity contribution in [2.75, 3.05) is 13.1 Å². The van der Waals surface area contributed by atoms with Gasteiger partial charge in [0.15, 0.2) is 5.96 Å². The van der Waals surface area contributed by atoms with E-state index in [2.05, 4.69) is 39.9 Å². The molecule has 0 spiro atoms. The molecular weight excluding hydrogens is 374 g/mol. The summed E-state index contributed by atoms with van der Waals surface area (Å²) < 4.78 is 0. The zero-order valence-corrected chi connectivity index (χ0v) is 17.4. The summed E-state index contributed by atoms with van der Waals surface area (Å²) >= 11 is 0. The van der Waals surface area contributed by atoms with Crippen molar-refractivity contribution in [3.8, 4) is 0 Å². The first-order valence-electron chi connectivity index (χ1n) is 10.8. The lowest BCUT2D eigenvalue weighted by molar-refractivity contribution is -0.131. The molecule has 2 aromatic rings. The zero-order valence-electron chi connectivity index (χ0n) is 17.4. The maximum absolute atomic E-state index is 10.1. The highest BCUT2D eigenvalue weighted by Crippen LogP contribution is 2.33. The monoisotopic (exact) mass is 405 g/mol. The topological polar surface area (TPSA) is 73.7 Å². The van der Waals surface area contributed by atoms with Gasteiger partial charge in [0, 0.05) is 19.2 Å². The second kappa shape index (κ2) is 11.8. The third-order valence-corrected chi connectivity index (χ3v) is 5.37. The van der Waals surface area contributed by atoms with Gasteiger partial charge in [0.05, 0.1) is 5.69 Å². The average molecular weight is 406 g/mol. The van der Waals surface area contributed by atoms with Crippen molar-refractivity contribution in [2.45, 2.75) is 44.4 Å². The first-order chi connectivity index (χ1) is 14.7. The summed E-state index contributed by atoms with van der Waals surface area (Å²) in [4.78, 5) is 14.7. The minimum atomic E-state index is -0.922. The summed E-state index contributed by atoms with van der Waals surface area (Å²) in [7, 11) is 0. The number of carboxylic acid groups (broad SMARTS) is 1. The normalized spacial score (nSPS) is 16.7. The number of carbonyl (C=O) groups is 1. The van der Waals surface area contributed by atoms with Gasteiger partial charge in [0.1, 0.15) is 0 Å². The fourth-order valence-corrected chi connectivity index (χ4v) is 3.76. The van der Waals surface area contributed by atoms with E-state index >= 15 is 0 Å². The Labute approximate surface area is 178 Å². The molecule has 1 heterocycles. The van der Waals surface area contributed by atoms with Gasteiger partial charge in [0.2, 0.25) is 0 Å². The quantitative estimate of drug-likeness (QED) is 0.620. The summed E-state index contributed by atoms with van der Waals surface area (Å²) in [6, 6.07) is 18.1. The molecule has 1 aliphatic carbocycles. The molecule has 2 aliphatic rings. The predicted molar refractivity (Wildman–Crippen MR) is 123 cm³/mol. The second-order valence-corrected chi connectivity index (χ2v) is 7.68. The standard InChI is InChI=1S/C16H23N3.C9H8O2/c1-2-5-13(6-3-1)14-7-9-15(10-8-14)19-16-17-11-4-12-18-16;10-9(11)7-6-8-4-2-1-3-5-8/h7-10,13H,1-6,11-12H2,(H2,17,18,19);1-7H,(H,10,11). The highest BCUT2D eigenvalue weighted by atomic mass is 16.4. The van der Waals surface area contributed by atoms with Crippen molar-refractivity contribution < 1.29 is 9.90 Å². The number of carboxylic acids is 1. The van der Waals surface area contributed by atoms with Gasteiger partial charge in [-0.2, -0.15) is 0 Å². The van der Waals surface area contributed by atoms with E-state index in [-0.39, 0.29) is 0 Å². The minimum absolute atomic E-state index is 0.779. The van der Waals surface area contributed by atoms with Crippen molar-refractivity contribution >= 4 is 23.7 Å². The molecule has 0 aromatic heterocycles. The zero-order chi connectivity index (χ0) is 21.0. The van der Waals surface area contributed by atoms with Crippen molar-refractivity contribution in [3.05, 3.63) is 71.8 Å². The lowest BCUT2D eigenvalue weighted by Gasteiger charge is -2.22. The molecule has 5 heteroatoms. The molecule has 0 unspecified atom stereocenters. The summed E-state index contributed by atoms with van der Waals surface area (Å²) in [5.74, 6) is 0.770. The highest BCUT2D eigenvalue weighted by Gasteiger charge is 2.15. The number of guanidine groups is 1. The summed E-state index contributed by atoms with van der Waals surface area (Å²) in [5, 5.41) is 14.9. The van der Waals surface area contributed by atoms with Crippen LogP contribution in [0, 0.1) is 0 Å². The average Bonchev–Trinajstić information content (AvgIpc) is 2.81. The molecule has 30 heavy (non-hydrogen) atoms. The third-order valence-electron chi connectivity index (χ3n) is 5.37. The van der Waals surface area contributed by atoms with Crippen LogP contribution in [0.25, 0.3) is 6.08 Å². The van der Waals surface area contributed by atoms with Crippen LogP contribution < -0.4 is 10.6 Å². The number of nitrogens with one attached hydrogen (secondary N) is 2. The molecule has 0 amide bonds. The number of rotatable bonds is 4. The Morgan fingerprint density at radius 2 is 1.57 bits per heavy atom. The Balaban J connectivity index is 0.000000199. The van der Waals surface area contributed by atoms with E-state index in [0.717, 1.165) is 42.3 Å². The molecule has 1 saturated carbocycles. The van der Waals surface area contributed by atoms with Gasteiger partial charge < -0.3 is 15.7 Å². The molecule has 4 rings (SSSR count). The van der Waals surface area contributed by atoms with Crippen molar-refractivity contribution in [1.29, 1.82) is 0 Å². The first-order valence-corrected chi connectivity index (χ1v) is 10.8. The molecular formula is C25H31N3O2. The maximum Gasteiger partial charge on any atom is 0.328 e. The van der Waals surface area contributed by atoms with Gasteiger partial charge in [-0.05, 0) is 54.5 Å². The van der Waals surface area contributed by atoms with Crippen LogP contribution in [0.15, 0.2) is 65.7 Å². The van der Waals surface area contributed by atoms with Gasteiger partial charge >= 0.3 is 5.97 Å². The Kier molecular flexibility index (Phi) is 8.51. The van der Waals surface area contributed by atoms with Gasteiger partial charge in [-0.3, -0.25) is 0 Å². The van der Waals surface area contributed by atoms with E-state index in [9.17, 15) is 4.79 Å². The highest BCUT2D eigenvalue weighted by molar-refractivity contribution is 5.85. The Bertz CT molecular complexity index is 830. The van der Waals surface area contributed by atoms with Crippen LogP contribution in [0.1, 0.15) is 55.6 Å². The van der Waals surface area contributed by atoms with Crippen LogP contribution in [-0.2, 0) is 4.79 Å². The molecule has 2 aromatic carbocycles. The molecule has 0 atom stereocenters. The van der Waals surface area contributed by atoms with E-state index in [0.29, 0.717) is 0 Å². The molecule has 0 radical (unpaired) electrons. The molecule has 0 bridgehead atoms. The SMILES string of the molecule is O=C(O)C=Cc1ccccc1.c1cc(C2CCCCC2)ccc1N=C1NCCCN1. The summed E-state index contributed by atoms with van der Waals surface area (Å²) in [6.45, 7) is 2.04. The van der Waals surface area contributed by atoms with E-state index < -0.39 is 5.97 Å². The fraction of sp³-hybridized carbons (Fsp3) is 0.360. The van der Waals surface area contributed by atoms with Crippen molar-refractivity contribution in [1.82, 2.24) is 10.6 Å². The minimum Gasteiger partial charge on any atom is -0.478 e. The van der Waals surface area contributed by atoms with Crippen molar-refractivity contribution in [3.63, 3.8) is 0 Å². The van der Waals surface area contributed by atoms with E-state index in [1.807, 2.05) is 30.3 Å². The number of aliphatic imine (C=N–C) groups is 1. The van der Waals surface area contributed by atoms with Gasteiger partial charge in [-0.1, -0.05) is 61.7 Å².